The van der Waals surface area contributed by atoms with Crippen molar-refractivity contribution in [1.29, 1.82) is 0 Å². The quantitative estimate of drug-likeness (QED) is 0.447. The number of halogens is 1. The minimum absolute atomic E-state index is 0.0754. The lowest BCUT2D eigenvalue weighted by atomic mass is 9.66. The fourth-order valence-corrected chi connectivity index (χ4v) is 4.87. The summed E-state index contributed by atoms with van der Waals surface area (Å²) >= 11 is 3.32. The Bertz CT molecular complexity index is 1220. The second-order valence-corrected chi connectivity index (χ2v) is 10.1. The summed E-state index contributed by atoms with van der Waals surface area (Å²) in [5.41, 5.74) is 1.91. The summed E-state index contributed by atoms with van der Waals surface area (Å²) in [6, 6.07) is 9.58. The maximum Gasteiger partial charge on any atom is 0.269 e. The molecule has 1 aromatic carbocycles. The maximum absolute atomic E-state index is 13.5. The third-order valence-corrected chi connectivity index (χ3v) is 6.47. The average molecular weight is 511 g/mol. The summed E-state index contributed by atoms with van der Waals surface area (Å²) in [4.78, 5) is 46.6. The van der Waals surface area contributed by atoms with Crippen molar-refractivity contribution in [3.05, 3.63) is 74.0 Å². The van der Waals surface area contributed by atoms with Gasteiger partial charge in [0.25, 0.3) is 5.69 Å². The Hall–Kier alpha value is -3.20. The molecule has 1 aromatic heterocycles. The van der Waals surface area contributed by atoms with Gasteiger partial charge in [-0.05, 0) is 52.4 Å². The molecule has 170 valence electrons. The molecular formula is C24H23BrN4O4. The number of carbonyl (C=O) groups is 2. The van der Waals surface area contributed by atoms with Crippen LogP contribution in [-0.4, -0.2) is 27.3 Å². The molecule has 0 saturated carbocycles. The first-order valence-corrected chi connectivity index (χ1v) is 11.3. The van der Waals surface area contributed by atoms with Gasteiger partial charge in [-0.25, -0.2) is 4.98 Å². The number of nitro benzene ring substituents is 1. The summed E-state index contributed by atoms with van der Waals surface area (Å²) in [5, 5.41) is 14.2. The third-order valence-electron chi connectivity index (χ3n) is 6.00. The highest BCUT2D eigenvalue weighted by Gasteiger charge is 2.45. The average Bonchev–Trinajstić information content (AvgIpc) is 2.73. The lowest BCUT2D eigenvalue weighted by molar-refractivity contribution is -0.384. The number of anilines is 1. The number of aliphatic imine (C=N–C) groups is 1. The number of hydrogen-bond acceptors (Lipinski definition) is 6. The molecule has 9 heteroatoms. The number of nitrogens with one attached hydrogen (secondary N) is 1. The predicted octanol–water partition coefficient (Wildman–Crippen LogP) is 5.21. The van der Waals surface area contributed by atoms with Gasteiger partial charge in [-0.2, -0.15) is 0 Å². The lowest BCUT2D eigenvalue weighted by Crippen LogP contribution is -2.41. The van der Waals surface area contributed by atoms with Crippen LogP contribution < -0.4 is 5.32 Å². The normalized spacial score (nSPS) is 21.8. The number of aromatic nitrogens is 1. The van der Waals surface area contributed by atoms with Crippen molar-refractivity contribution in [3.8, 4) is 0 Å². The largest absolute Gasteiger partial charge is 0.310 e. The second-order valence-electron chi connectivity index (χ2n) is 9.21. The number of Topliss-reactive ketones (excluding diaryl/α,β-unsaturated/α-hetero) is 1. The first-order valence-electron chi connectivity index (χ1n) is 10.5. The minimum Gasteiger partial charge on any atom is -0.310 e. The predicted molar refractivity (Wildman–Crippen MR) is 128 cm³/mol. The Morgan fingerprint density at radius 1 is 1.24 bits per heavy atom. The number of benzene rings is 1. The van der Waals surface area contributed by atoms with Gasteiger partial charge in [0.05, 0.1) is 10.8 Å². The molecule has 0 saturated heterocycles. The zero-order valence-electron chi connectivity index (χ0n) is 18.5. The lowest BCUT2D eigenvalue weighted by Gasteiger charge is -2.39. The van der Waals surface area contributed by atoms with Gasteiger partial charge in [0.1, 0.15) is 5.82 Å². The van der Waals surface area contributed by atoms with Crippen LogP contribution in [0.2, 0.25) is 0 Å². The van der Waals surface area contributed by atoms with Crippen LogP contribution in [0.5, 0.6) is 0 Å². The first kappa shape index (κ1) is 23.0. The summed E-state index contributed by atoms with van der Waals surface area (Å²) in [6.45, 7) is 5.79. The molecule has 0 bridgehead atoms. The van der Waals surface area contributed by atoms with Gasteiger partial charge in [-0.3, -0.25) is 24.7 Å². The first-order chi connectivity index (χ1) is 15.6. The van der Waals surface area contributed by atoms with E-state index in [2.05, 4.69) is 26.2 Å². The van der Waals surface area contributed by atoms with E-state index in [0.717, 1.165) is 4.47 Å². The number of hydrogen-bond donors (Lipinski definition) is 1. The monoisotopic (exact) mass is 510 g/mol. The number of rotatable bonds is 4. The highest BCUT2D eigenvalue weighted by Crippen LogP contribution is 2.48. The van der Waals surface area contributed by atoms with Crippen LogP contribution in [0.1, 0.15) is 45.1 Å². The van der Waals surface area contributed by atoms with Gasteiger partial charge in [-0.1, -0.05) is 26.0 Å². The number of pyridine rings is 1. The van der Waals surface area contributed by atoms with Crippen molar-refractivity contribution in [3.63, 3.8) is 0 Å². The molecule has 2 atom stereocenters. The van der Waals surface area contributed by atoms with Crippen molar-refractivity contribution < 1.29 is 14.5 Å². The van der Waals surface area contributed by atoms with Gasteiger partial charge < -0.3 is 5.32 Å². The topological polar surface area (TPSA) is 115 Å². The number of nitro groups is 1. The van der Waals surface area contributed by atoms with Gasteiger partial charge in [-0.15, -0.1) is 0 Å². The van der Waals surface area contributed by atoms with E-state index >= 15 is 0 Å². The third kappa shape index (κ3) is 4.64. The second kappa shape index (κ2) is 8.62. The number of carbonyl (C=O) groups excluding carboxylic acids is 2. The van der Waals surface area contributed by atoms with Crippen LogP contribution in [0, 0.1) is 21.4 Å². The number of ketones is 1. The van der Waals surface area contributed by atoms with Crippen LogP contribution in [0.15, 0.2) is 63.3 Å². The van der Waals surface area contributed by atoms with E-state index < -0.39 is 16.8 Å². The molecule has 8 nitrogen and oxygen atoms in total. The molecule has 2 aromatic rings. The van der Waals surface area contributed by atoms with E-state index in [0.29, 0.717) is 41.2 Å². The molecule has 33 heavy (non-hydrogen) atoms. The Labute approximate surface area is 199 Å². The van der Waals surface area contributed by atoms with Crippen molar-refractivity contribution >= 4 is 44.8 Å². The van der Waals surface area contributed by atoms with Crippen LogP contribution in [0.4, 0.5) is 11.5 Å². The van der Waals surface area contributed by atoms with E-state index in [-0.39, 0.29) is 22.8 Å². The zero-order valence-corrected chi connectivity index (χ0v) is 20.0. The smallest absolute Gasteiger partial charge is 0.269 e. The fourth-order valence-electron chi connectivity index (χ4n) is 4.63. The fraction of sp³-hybridized carbons (Fsp3) is 0.333. The minimum atomic E-state index is -0.804. The summed E-state index contributed by atoms with van der Waals surface area (Å²) in [6.07, 6.45) is 2.50. The van der Waals surface area contributed by atoms with Gasteiger partial charge in [0.15, 0.2) is 5.78 Å². The molecular weight excluding hydrogens is 488 g/mol. The molecule has 1 aliphatic heterocycles. The Morgan fingerprint density at radius 3 is 2.67 bits per heavy atom. The molecule has 0 fully saturated rings. The van der Waals surface area contributed by atoms with E-state index in [4.69, 9.17) is 4.99 Å². The standard InChI is InChI=1S/C24H23BrN4O4/c1-13-20(23(31)28-19-8-7-15(25)12-26-19)21(14-5-4-6-16(9-14)29(32)33)22-17(27-13)10-24(2,3)11-18(22)30/h4-9,12,20-21H,10-11H2,1-3H3,(H,26,28,31)/t20?,21-/m1/s1. The number of amides is 1. The van der Waals surface area contributed by atoms with Crippen LogP contribution in [-0.2, 0) is 9.59 Å². The summed E-state index contributed by atoms with van der Waals surface area (Å²) < 4.78 is 0.774. The Morgan fingerprint density at radius 2 is 2.00 bits per heavy atom. The van der Waals surface area contributed by atoms with Gasteiger partial charge >= 0.3 is 0 Å². The Balaban J connectivity index is 1.82. The molecule has 1 aliphatic carbocycles. The highest BCUT2D eigenvalue weighted by atomic mass is 79.9. The highest BCUT2D eigenvalue weighted by molar-refractivity contribution is 9.10. The molecule has 2 aliphatic rings. The maximum atomic E-state index is 13.5. The SMILES string of the molecule is CC1=NC2=C(C(=O)CC(C)(C)C2)[C@H](c2cccc([N+](=O)[O-])c2)C1C(=O)Nc1ccc(Br)cn1. The van der Waals surface area contributed by atoms with Crippen LogP contribution >= 0.6 is 15.9 Å². The molecule has 0 spiro atoms. The number of allylic oxidation sites excluding steroid dienone is 2. The van der Waals surface area contributed by atoms with E-state index in [1.54, 1.807) is 37.4 Å². The van der Waals surface area contributed by atoms with E-state index in [1.807, 2.05) is 13.8 Å². The summed E-state index contributed by atoms with van der Waals surface area (Å²) in [7, 11) is 0. The Kier molecular flexibility index (Phi) is 6.00. The van der Waals surface area contributed by atoms with Crippen molar-refractivity contribution in [2.24, 2.45) is 16.3 Å². The molecule has 1 unspecified atom stereocenters. The van der Waals surface area contributed by atoms with Gasteiger partial charge in [0.2, 0.25) is 5.91 Å². The van der Waals surface area contributed by atoms with Crippen LogP contribution in [0.25, 0.3) is 0 Å². The summed E-state index contributed by atoms with van der Waals surface area (Å²) in [5.74, 6) is -1.55. The van der Waals surface area contributed by atoms with Crippen molar-refractivity contribution in [2.75, 3.05) is 5.32 Å². The van der Waals surface area contributed by atoms with Crippen molar-refractivity contribution in [2.45, 2.75) is 39.5 Å². The molecule has 1 amide bonds. The van der Waals surface area contributed by atoms with E-state index in [9.17, 15) is 19.7 Å². The van der Waals surface area contributed by atoms with Crippen molar-refractivity contribution in [1.82, 2.24) is 4.98 Å². The molecule has 1 N–H and O–H groups in total. The number of non-ortho nitro benzene ring substituents is 1. The molecule has 0 radical (unpaired) electrons. The number of nitrogens with zero attached hydrogens (tertiary/aromatic N) is 3. The zero-order chi connectivity index (χ0) is 23.9. The molecule has 4 rings (SSSR count). The van der Waals surface area contributed by atoms with E-state index in [1.165, 1.54) is 12.1 Å². The molecule has 2 heterocycles. The van der Waals surface area contributed by atoms with Gasteiger partial charge in [0, 0.05) is 52.1 Å². The van der Waals surface area contributed by atoms with Crippen LogP contribution in [0.3, 0.4) is 0 Å².